The first-order chi connectivity index (χ1) is 27.0. The van der Waals surface area contributed by atoms with E-state index in [9.17, 15) is 5.11 Å². The van der Waals surface area contributed by atoms with Gasteiger partial charge in [0.25, 0.3) is 0 Å². The predicted octanol–water partition coefficient (Wildman–Crippen LogP) is 8.19. The maximum Gasteiger partial charge on any atom is 0.225 e. The lowest BCUT2D eigenvalue weighted by Crippen LogP contribution is -2.67. The summed E-state index contributed by atoms with van der Waals surface area (Å²) >= 11 is 6.90. The van der Waals surface area contributed by atoms with Crippen molar-refractivity contribution in [3.05, 3.63) is 172 Å². The van der Waals surface area contributed by atoms with Crippen molar-refractivity contribution >= 4 is 11.6 Å². The van der Waals surface area contributed by atoms with Gasteiger partial charge in [-0.05, 0) is 71.3 Å². The van der Waals surface area contributed by atoms with E-state index in [4.69, 9.17) is 44.8 Å². The molecule has 0 spiro atoms. The molecule has 2 heterocycles. The van der Waals surface area contributed by atoms with Crippen molar-refractivity contribution in [2.24, 2.45) is 0 Å². The van der Waals surface area contributed by atoms with Gasteiger partial charge < -0.3 is 38.3 Å². The second kappa shape index (κ2) is 17.4. The van der Waals surface area contributed by atoms with Gasteiger partial charge in [-0.2, -0.15) is 0 Å². The van der Waals surface area contributed by atoms with Crippen LogP contribution in [0.4, 0.5) is 0 Å². The topological polar surface area (TPSA) is 84.8 Å². The number of halogens is 1. The van der Waals surface area contributed by atoms with Gasteiger partial charge in [-0.25, -0.2) is 0 Å². The van der Waals surface area contributed by atoms with Crippen LogP contribution in [-0.4, -0.2) is 61.6 Å². The van der Waals surface area contributed by atoms with Gasteiger partial charge in [-0.1, -0.05) is 121 Å². The van der Waals surface area contributed by atoms with E-state index in [1.54, 1.807) is 0 Å². The van der Waals surface area contributed by atoms with Gasteiger partial charge in [0, 0.05) is 10.6 Å². The lowest BCUT2D eigenvalue weighted by atomic mass is 9.83. The first-order valence-corrected chi connectivity index (χ1v) is 19.5. The van der Waals surface area contributed by atoms with Crippen LogP contribution in [-0.2, 0) is 60.4 Å². The zero-order chi connectivity index (χ0) is 37.5. The molecular formula is C46H47ClO8. The Hall–Kier alpha value is -4.09. The standard InChI is InChI=1S/C46H47ClO8/c47-41-23-18-38(27-37(41)26-33-16-19-39(20-17-33)49-24-25-50-40-21-22-40)46-44(53-30-36-14-8-3-9-15-36)42(51-28-34-10-4-1-5-11-34)43(45(31-48,55-46)32-54-46)52-29-35-12-6-2-7-13-35/h1-20,23,27,40,42-44,48H,21-22,24-26,28-32H2/t42-,43-,44+,45-,46-/m0/s1. The number of ether oxygens (including phenoxy) is 7. The molecule has 5 atom stereocenters. The van der Waals surface area contributed by atoms with Crippen molar-refractivity contribution in [2.45, 2.75) is 74.9 Å². The van der Waals surface area contributed by atoms with E-state index < -0.39 is 29.7 Å². The number of aliphatic hydroxyl groups is 1. The molecule has 1 N–H and O–H groups in total. The van der Waals surface area contributed by atoms with Crippen LogP contribution in [0.15, 0.2) is 133 Å². The van der Waals surface area contributed by atoms with Crippen molar-refractivity contribution in [2.75, 3.05) is 26.4 Å². The monoisotopic (exact) mass is 762 g/mol. The lowest BCUT2D eigenvalue weighted by Gasteiger charge is -2.50. The van der Waals surface area contributed by atoms with Crippen LogP contribution in [0.3, 0.4) is 0 Å². The smallest absolute Gasteiger partial charge is 0.225 e. The highest BCUT2D eigenvalue weighted by Crippen LogP contribution is 2.53. The molecule has 8 nitrogen and oxygen atoms in total. The number of benzene rings is 5. The molecule has 1 aliphatic carbocycles. The molecular weight excluding hydrogens is 716 g/mol. The van der Waals surface area contributed by atoms with E-state index in [1.807, 2.05) is 133 Å². The number of hydrogen-bond acceptors (Lipinski definition) is 8. The summed E-state index contributed by atoms with van der Waals surface area (Å²) in [5, 5.41) is 11.8. The Bertz CT molecular complexity index is 1960. The largest absolute Gasteiger partial charge is 0.491 e. The van der Waals surface area contributed by atoms with E-state index in [2.05, 4.69) is 0 Å². The van der Waals surface area contributed by atoms with Crippen LogP contribution in [0.1, 0.15) is 46.2 Å². The number of rotatable bonds is 18. The SMILES string of the molecule is OC[C@@]12CO[C@@](c3ccc(Cl)c(Cc4ccc(OCCOC5CC5)cc4)c3)(O1)[C@H](OCc1ccccc1)[C@@H](OCc1ccccc1)[C@@H]2OCc1ccccc1. The third-order valence-electron chi connectivity index (χ3n) is 10.5. The minimum atomic E-state index is -1.45. The van der Waals surface area contributed by atoms with Gasteiger partial charge >= 0.3 is 0 Å². The molecule has 3 aliphatic rings. The predicted molar refractivity (Wildman–Crippen MR) is 209 cm³/mol. The van der Waals surface area contributed by atoms with Gasteiger partial charge in [0.15, 0.2) is 0 Å². The fourth-order valence-electron chi connectivity index (χ4n) is 7.39. The van der Waals surface area contributed by atoms with E-state index in [0.717, 1.165) is 46.4 Å². The average molecular weight is 763 g/mol. The quantitative estimate of drug-likeness (QED) is 0.0896. The van der Waals surface area contributed by atoms with Gasteiger partial charge in [-0.3, -0.25) is 0 Å². The van der Waals surface area contributed by atoms with Crippen LogP contribution in [0.2, 0.25) is 5.02 Å². The summed E-state index contributed by atoms with van der Waals surface area (Å²) in [7, 11) is 0. The van der Waals surface area contributed by atoms with Crippen molar-refractivity contribution in [3.8, 4) is 5.75 Å². The Morgan fingerprint density at radius 2 is 1.24 bits per heavy atom. The summed E-state index contributed by atoms with van der Waals surface area (Å²) in [5.41, 5.74) is 4.38. The molecule has 5 aromatic rings. The summed E-state index contributed by atoms with van der Waals surface area (Å²) in [6.45, 7) is 1.65. The van der Waals surface area contributed by atoms with Gasteiger partial charge in [0.05, 0.1) is 45.7 Å². The molecule has 55 heavy (non-hydrogen) atoms. The Morgan fingerprint density at radius 1 is 0.636 bits per heavy atom. The number of fused-ring (bicyclic) bond motifs is 2. The van der Waals surface area contributed by atoms with Crippen LogP contribution in [0.5, 0.6) is 5.75 Å². The van der Waals surface area contributed by atoms with Crippen molar-refractivity contribution in [1.82, 2.24) is 0 Å². The molecule has 2 bridgehead atoms. The maximum absolute atomic E-state index is 11.2. The Kier molecular flexibility index (Phi) is 11.9. The molecule has 0 aromatic heterocycles. The highest BCUT2D eigenvalue weighted by atomic mass is 35.5. The summed E-state index contributed by atoms with van der Waals surface area (Å²) in [4.78, 5) is 0. The van der Waals surface area contributed by atoms with E-state index in [-0.39, 0.29) is 26.4 Å². The van der Waals surface area contributed by atoms with Crippen LogP contribution < -0.4 is 4.74 Å². The van der Waals surface area contributed by atoms with Crippen molar-refractivity contribution < 1.29 is 38.3 Å². The third-order valence-corrected chi connectivity index (χ3v) is 10.8. The molecule has 1 saturated carbocycles. The van der Waals surface area contributed by atoms with Crippen LogP contribution >= 0.6 is 11.6 Å². The Balaban J connectivity index is 1.11. The van der Waals surface area contributed by atoms with Crippen molar-refractivity contribution in [3.63, 3.8) is 0 Å². The highest BCUT2D eigenvalue weighted by molar-refractivity contribution is 6.31. The lowest BCUT2D eigenvalue weighted by molar-refractivity contribution is -0.353. The van der Waals surface area contributed by atoms with Crippen molar-refractivity contribution in [1.29, 1.82) is 0 Å². The normalized spacial score (nSPS) is 24.5. The second-order valence-corrected chi connectivity index (χ2v) is 14.9. The molecule has 9 heteroatoms. The minimum absolute atomic E-state index is 0.0600. The fourth-order valence-corrected chi connectivity index (χ4v) is 7.58. The maximum atomic E-state index is 11.2. The first-order valence-electron chi connectivity index (χ1n) is 19.1. The Morgan fingerprint density at radius 3 is 1.84 bits per heavy atom. The summed E-state index contributed by atoms with van der Waals surface area (Å²) < 4.78 is 45.9. The van der Waals surface area contributed by atoms with E-state index in [1.165, 1.54) is 0 Å². The molecule has 8 rings (SSSR count). The minimum Gasteiger partial charge on any atom is -0.491 e. The third kappa shape index (κ3) is 8.83. The van der Waals surface area contributed by atoms with Crippen LogP contribution in [0.25, 0.3) is 0 Å². The van der Waals surface area contributed by atoms with Gasteiger partial charge in [0.1, 0.15) is 36.3 Å². The molecule has 0 radical (unpaired) electrons. The summed E-state index contributed by atoms with van der Waals surface area (Å²) in [6, 6.07) is 43.8. The Labute approximate surface area is 327 Å². The summed E-state index contributed by atoms with van der Waals surface area (Å²) in [6.07, 6.45) is 0.997. The first kappa shape index (κ1) is 37.8. The van der Waals surface area contributed by atoms with Gasteiger partial charge in [0.2, 0.25) is 5.79 Å². The van der Waals surface area contributed by atoms with E-state index in [0.29, 0.717) is 42.9 Å². The summed E-state index contributed by atoms with van der Waals surface area (Å²) in [5.74, 6) is -0.661. The van der Waals surface area contributed by atoms with Crippen LogP contribution in [0, 0.1) is 0 Å². The zero-order valence-corrected chi connectivity index (χ0v) is 31.5. The molecule has 0 unspecified atom stereocenters. The molecule has 3 fully saturated rings. The molecule has 2 saturated heterocycles. The molecule has 5 aromatic carbocycles. The molecule has 0 amide bonds. The number of aliphatic hydroxyl groups excluding tert-OH is 1. The zero-order valence-electron chi connectivity index (χ0n) is 30.8. The highest BCUT2D eigenvalue weighted by Gasteiger charge is 2.69. The number of hydrogen-bond donors (Lipinski definition) is 1. The second-order valence-electron chi connectivity index (χ2n) is 14.5. The molecule has 2 aliphatic heterocycles. The van der Waals surface area contributed by atoms with Gasteiger partial charge in [-0.15, -0.1) is 0 Å². The average Bonchev–Trinajstić information content (AvgIpc) is 4.00. The molecule has 286 valence electrons. The van der Waals surface area contributed by atoms with E-state index >= 15 is 0 Å². The fraction of sp³-hybridized carbons (Fsp3) is 0.348.